The molecular formula is C14H31Cl2N3O2. The fourth-order valence-corrected chi connectivity index (χ4v) is 1.46. The van der Waals surface area contributed by atoms with Gasteiger partial charge in [-0.25, -0.2) is 0 Å². The monoisotopic (exact) mass is 343 g/mol. The maximum absolute atomic E-state index is 10.6. The summed E-state index contributed by atoms with van der Waals surface area (Å²) in [6.45, 7) is 5.79. The molecule has 0 heterocycles. The second-order valence-electron chi connectivity index (χ2n) is 5.93. The number of rotatable bonds is 8. The molecule has 0 radical (unpaired) electrons. The molecule has 7 heteroatoms. The third-order valence-corrected chi connectivity index (χ3v) is 2.56. The van der Waals surface area contributed by atoms with Gasteiger partial charge in [-0.1, -0.05) is 6.58 Å². The third-order valence-electron chi connectivity index (χ3n) is 2.20. The number of nitrogens with zero attached hydrogens (tertiary/aromatic N) is 2. The fourth-order valence-electron chi connectivity index (χ4n) is 1.36. The molecule has 0 aromatic carbocycles. The van der Waals surface area contributed by atoms with Gasteiger partial charge in [-0.05, 0) is 33.1 Å². The van der Waals surface area contributed by atoms with Gasteiger partial charge in [0.1, 0.15) is 12.6 Å². The average Bonchev–Trinajstić information content (AvgIpc) is 2.32. The molecule has 2 N–H and O–H groups in total. The van der Waals surface area contributed by atoms with E-state index in [1.807, 2.05) is 35.2 Å². The van der Waals surface area contributed by atoms with Crippen LogP contribution in [0, 0.1) is 0 Å². The molecule has 1 unspecified atom stereocenters. The molecule has 0 saturated heterocycles. The minimum Gasteiger partial charge on any atom is -1.00 e. The van der Waals surface area contributed by atoms with E-state index in [9.17, 15) is 4.79 Å². The largest absolute Gasteiger partial charge is 1.00 e. The van der Waals surface area contributed by atoms with Crippen molar-refractivity contribution < 1.29 is 26.8 Å². The lowest BCUT2D eigenvalue weighted by Gasteiger charge is -2.25. The molecule has 1 amide bonds. The number of quaternary nitrogens is 1. The Labute approximate surface area is 140 Å². The maximum atomic E-state index is 10.6. The van der Waals surface area contributed by atoms with Crippen LogP contribution in [-0.2, 0) is 4.79 Å². The van der Waals surface area contributed by atoms with Crippen molar-refractivity contribution in [3.05, 3.63) is 12.7 Å². The quantitative estimate of drug-likeness (QED) is 0.222. The number of aliphatic hydroxyl groups excluding tert-OH is 1. The predicted molar refractivity (Wildman–Crippen MR) is 86.0 cm³/mol. The van der Waals surface area contributed by atoms with Crippen LogP contribution in [0.15, 0.2) is 12.7 Å². The minimum absolute atomic E-state index is 0. The Morgan fingerprint density at radius 1 is 1.43 bits per heavy atom. The molecule has 0 aliphatic carbocycles. The van der Waals surface area contributed by atoms with Crippen molar-refractivity contribution in [2.75, 3.05) is 60.8 Å². The first-order valence-electron chi connectivity index (χ1n) is 6.72. The summed E-state index contributed by atoms with van der Waals surface area (Å²) in [6.07, 6.45) is 1.90. The molecule has 0 saturated carbocycles. The molecule has 0 aromatic heterocycles. The molecule has 0 fully saturated rings. The molecule has 0 spiro atoms. The molecule has 0 aromatic rings. The highest BCUT2D eigenvalue weighted by Crippen LogP contribution is 1.95. The summed E-state index contributed by atoms with van der Waals surface area (Å²) in [5.41, 5.74) is 0. The van der Waals surface area contributed by atoms with Crippen molar-refractivity contribution >= 4 is 17.5 Å². The minimum atomic E-state index is -0.369. The lowest BCUT2D eigenvalue weighted by atomic mass is 10.3. The fraction of sp³-hybridized carbons (Fsp3) is 0.786. The molecule has 21 heavy (non-hydrogen) atoms. The number of halogens is 2. The molecule has 1 atom stereocenters. The van der Waals surface area contributed by atoms with E-state index in [1.165, 1.54) is 6.08 Å². The topological polar surface area (TPSA) is 52.6 Å². The number of likely N-dealkylation sites (N-methyl/N-ethyl adjacent to an activating group) is 1. The number of amides is 1. The van der Waals surface area contributed by atoms with Gasteiger partial charge in [-0.2, -0.15) is 0 Å². The van der Waals surface area contributed by atoms with Gasteiger partial charge >= 0.3 is 0 Å². The van der Waals surface area contributed by atoms with E-state index in [0.29, 0.717) is 12.4 Å². The maximum Gasteiger partial charge on any atom is 0.243 e. The first-order valence-corrected chi connectivity index (χ1v) is 7.25. The van der Waals surface area contributed by atoms with E-state index in [0.717, 1.165) is 24.0 Å². The summed E-state index contributed by atoms with van der Waals surface area (Å²) in [5, 5.41) is 11.8. The Morgan fingerprint density at radius 2 is 1.95 bits per heavy atom. The molecule has 0 aliphatic heterocycles. The summed E-state index contributed by atoms with van der Waals surface area (Å²) in [5.74, 6) is 0.235. The summed E-state index contributed by atoms with van der Waals surface area (Å²) in [7, 11) is 10.1. The second-order valence-corrected chi connectivity index (χ2v) is 6.24. The van der Waals surface area contributed by atoms with Crippen LogP contribution in [0.4, 0.5) is 0 Å². The number of hydrogen-bond donors (Lipinski definition) is 2. The van der Waals surface area contributed by atoms with Crippen molar-refractivity contribution in [3.8, 4) is 0 Å². The zero-order chi connectivity index (χ0) is 16.2. The first-order chi connectivity index (χ1) is 9.12. The molecule has 5 nitrogen and oxygen atoms in total. The van der Waals surface area contributed by atoms with E-state index in [2.05, 4.69) is 16.8 Å². The second kappa shape index (κ2) is 14.6. The van der Waals surface area contributed by atoms with Crippen molar-refractivity contribution in [3.63, 3.8) is 0 Å². The van der Waals surface area contributed by atoms with Gasteiger partial charge in [0.05, 0.1) is 27.0 Å². The summed E-state index contributed by atoms with van der Waals surface area (Å²) in [4.78, 5) is 12.7. The third kappa shape index (κ3) is 25.0. The van der Waals surface area contributed by atoms with Crippen LogP contribution in [0.25, 0.3) is 0 Å². The van der Waals surface area contributed by atoms with Gasteiger partial charge in [-0.3, -0.25) is 4.79 Å². The van der Waals surface area contributed by atoms with Crippen LogP contribution < -0.4 is 17.7 Å². The van der Waals surface area contributed by atoms with Crippen LogP contribution in [0.3, 0.4) is 0 Å². The molecule has 0 rings (SSSR count). The van der Waals surface area contributed by atoms with Crippen LogP contribution >= 0.6 is 11.6 Å². The molecular weight excluding hydrogens is 313 g/mol. The zero-order valence-electron chi connectivity index (χ0n) is 13.9. The van der Waals surface area contributed by atoms with Crippen molar-refractivity contribution in [2.24, 2.45) is 0 Å². The van der Waals surface area contributed by atoms with Gasteiger partial charge in [0.15, 0.2) is 0 Å². The van der Waals surface area contributed by atoms with Crippen LogP contribution in [-0.4, -0.2) is 87.3 Å². The van der Waals surface area contributed by atoms with Gasteiger partial charge in [0, 0.05) is 6.54 Å². The number of hydrogen-bond acceptors (Lipinski definition) is 3. The van der Waals surface area contributed by atoms with Gasteiger partial charge < -0.3 is 32.2 Å². The van der Waals surface area contributed by atoms with E-state index >= 15 is 0 Å². The summed E-state index contributed by atoms with van der Waals surface area (Å²) < 4.78 is 0.758. The lowest BCUT2D eigenvalue weighted by Crippen LogP contribution is -3.00. The standard InChI is InChI=1S/C8H16N2O.C6H15ClNO.ClH/c1-4-8(11)9-6-5-7-10(2)3;1-8(2,3)5-6(9)4-7;/h4H,1,5-7H2,2-3H3,(H,9,11);6,9H,4-5H2,1-3H3;1H/q;+1;/p-1. The molecule has 0 bridgehead atoms. The van der Waals surface area contributed by atoms with E-state index in [4.69, 9.17) is 16.7 Å². The van der Waals surface area contributed by atoms with Crippen molar-refractivity contribution in [1.82, 2.24) is 10.2 Å². The number of alkyl halides is 1. The van der Waals surface area contributed by atoms with E-state index in [-0.39, 0.29) is 24.4 Å². The number of carbonyl (C=O) groups is 1. The number of aliphatic hydroxyl groups is 1. The zero-order valence-corrected chi connectivity index (χ0v) is 15.4. The first kappa shape index (κ1) is 25.6. The Kier molecular flexibility index (Phi) is 17.8. The van der Waals surface area contributed by atoms with Crippen LogP contribution in [0.2, 0.25) is 0 Å². The van der Waals surface area contributed by atoms with Gasteiger partial charge in [0.25, 0.3) is 0 Å². The summed E-state index contributed by atoms with van der Waals surface area (Å²) >= 11 is 5.40. The molecule has 0 aliphatic rings. The summed E-state index contributed by atoms with van der Waals surface area (Å²) in [6, 6.07) is 0. The van der Waals surface area contributed by atoms with Crippen molar-refractivity contribution in [2.45, 2.75) is 12.5 Å². The Bertz CT molecular complexity index is 269. The SMILES string of the molecule is C=CC(=O)NCCCN(C)C.C[N+](C)(C)CC(O)CCl.[Cl-]. The normalized spacial score (nSPS) is 11.8. The lowest BCUT2D eigenvalue weighted by molar-refractivity contribution is -0.873. The van der Waals surface area contributed by atoms with E-state index < -0.39 is 0 Å². The van der Waals surface area contributed by atoms with Crippen LogP contribution in [0.1, 0.15) is 6.42 Å². The highest BCUT2D eigenvalue weighted by atomic mass is 35.5. The van der Waals surface area contributed by atoms with E-state index in [1.54, 1.807) is 0 Å². The Balaban J connectivity index is -0.000000300. The molecule has 128 valence electrons. The highest BCUT2D eigenvalue weighted by molar-refractivity contribution is 6.18. The van der Waals surface area contributed by atoms with Crippen molar-refractivity contribution in [1.29, 1.82) is 0 Å². The predicted octanol–water partition coefficient (Wildman–Crippen LogP) is -2.46. The smallest absolute Gasteiger partial charge is 0.243 e. The van der Waals surface area contributed by atoms with Crippen LogP contribution in [0.5, 0.6) is 0 Å². The van der Waals surface area contributed by atoms with Gasteiger partial charge in [-0.15, -0.1) is 11.6 Å². The van der Waals surface area contributed by atoms with Gasteiger partial charge in [0.2, 0.25) is 5.91 Å². The number of nitrogens with one attached hydrogen (secondary N) is 1. The Morgan fingerprint density at radius 3 is 2.24 bits per heavy atom. The number of carbonyl (C=O) groups excluding carboxylic acids is 1. The Hall–Kier alpha value is -0.330. The highest BCUT2D eigenvalue weighted by Gasteiger charge is 2.13. The average molecular weight is 344 g/mol.